The Labute approximate surface area is 99.8 Å². The zero-order valence-corrected chi connectivity index (χ0v) is 9.44. The second-order valence-electron chi connectivity index (χ2n) is 3.24. The van der Waals surface area contributed by atoms with E-state index in [-0.39, 0.29) is 11.7 Å². The normalized spacial score (nSPS) is 12.8. The summed E-state index contributed by atoms with van der Waals surface area (Å²) in [7, 11) is 0. The third kappa shape index (κ3) is 2.45. The fraction of sp³-hybridized carbons (Fsp3) is 0.250. The van der Waals surface area contributed by atoms with Crippen LogP contribution in [0.25, 0.3) is 11.2 Å². The van der Waals surface area contributed by atoms with E-state index in [9.17, 15) is 4.79 Å². The molecule has 2 aromatic rings. The van der Waals surface area contributed by atoms with Gasteiger partial charge in [0.25, 0.3) is 0 Å². The van der Waals surface area contributed by atoms with Crippen LogP contribution in [-0.2, 0) is 4.79 Å². The van der Waals surface area contributed by atoms with Gasteiger partial charge < -0.3 is 21.6 Å². The summed E-state index contributed by atoms with van der Waals surface area (Å²) in [5.74, 6) is -0.767. The molecule has 0 fully saturated rings. The number of aliphatic carboxylic acids is 1. The van der Waals surface area contributed by atoms with Crippen molar-refractivity contribution in [1.29, 1.82) is 0 Å². The Morgan fingerprint density at radius 2 is 2.35 bits per heavy atom. The summed E-state index contributed by atoms with van der Waals surface area (Å²) in [5.41, 5.74) is 12.0. The molecule has 0 saturated heterocycles. The van der Waals surface area contributed by atoms with Gasteiger partial charge in [-0.3, -0.25) is 4.79 Å². The van der Waals surface area contributed by atoms with Gasteiger partial charge in [-0.25, -0.2) is 9.97 Å². The van der Waals surface area contributed by atoms with Crippen LogP contribution in [0.5, 0.6) is 0 Å². The number of nitrogens with one attached hydrogen (secondary N) is 1. The highest BCUT2D eigenvalue weighted by molar-refractivity contribution is 7.99. The summed E-state index contributed by atoms with van der Waals surface area (Å²) in [6.45, 7) is 0. The lowest BCUT2D eigenvalue weighted by Crippen LogP contribution is -2.32. The van der Waals surface area contributed by atoms with E-state index in [2.05, 4.69) is 19.9 Å². The van der Waals surface area contributed by atoms with Gasteiger partial charge in [-0.15, -0.1) is 11.8 Å². The summed E-state index contributed by atoms with van der Waals surface area (Å²) in [4.78, 5) is 25.3. The Morgan fingerprint density at radius 1 is 1.59 bits per heavy atom. The van der Waals surface area contributed by atoms with E-state index in [1.807, 2.05) is 0 Å². The molecular formula is C8H10N6O2S. The highest BCUT2D eigenvalue weighted by Gasteiger charge is 2.15. The highest BCUT2D eigenvalue weighted by Crippen LogP contribution is 2.23. The van der Waals surface area contributed by atoms with Crippen LogP contribution in [-0.4, -0.2) is 42.8 Å². The number of thioether (sulfide) groups is 1. The summed E-state index contributed by atoms with van der Waals surface area (Å²) >= 11 is 1.20. The Morgan fingerprint density at radius 3 is 3.06 bits per heavy atom. The number of fused-ring (bicyclic) bond motifs is 1. The number of nitrogens with two attached hydrogens (primary N) is 2. The molecule has 0 radical (unpaired) electrons. The molecule has 2 rings (SSSR count). The van der Waals surface area contributed by atoms with Crippen LogP contribution in [0.1, 0.15) is 0 Å². The third-order valence-corrected chi connectivity index (χ3v) is 3.08. The second-order valence-corrected chi connectivity index (χ2v) is 4.25. The number of aromatic nitrogens is 4. The molecule has 0 aromatic carbocycles. The predicted octanol–water partition coefficient (Wildman–Crippen LogP) is -0.561. The molecule has 0 unspecified atom stereocenters. The van der Waals surface area contributed by atoms with Gasteiger partial charge in [0.2, 0.25) is 5.95 Å². The van der Waals surface area contributed by atoms with Crippen molar-refractivity contribution < 1.29 is 9.90 Å². The van der Waals surface area contributed by atoms with Crippen molar-refractivity contribution in [3.63, 3.8) is 0 Å². The molecule has 0 aliphatic rings. The van der Waals surface area contributed by atoms with Gasteiger partial charge in [0, 0.05) is 5.75 Å². The summed E-state index contributed by atoms with van der Waals surface area (Å²) in [6, 6.07) is -0.950. The van der Waals surface area contributed by atoms with E-state index in [1.54, 1.807) is 0 Å². The largest absolute Gasteiger partial charge is 0.480 e. The molecule has 0 bridgehead atoms. The first-order valence-corrected chi connectivity index (χ1v) is 5.64. The molecule has 0 amide bonds. The fourth-order valence-electron chi connectivity index (χ4n) is 1.17. The van der Waals surface area contributed by atoms with Gasteiger partial charge in [-0.2, -0.15) is 4.98 Å². The Kier molecular flexibility index (Phi) is 3.11. The average Bonchev–Trinajstić information content (AvgIpc) is 2.72. The lowest BCUT2D eigenvalue weighted by Gasteiger charge is -2.06. The minimum absolute atomic E-state index is 0.0935. The molecular weight excluding hydrogens is 244 g/mol. The lowest BCUT2D eigenvalue weighted by molar-refractivity contribution is -0.137. The van der Waals surface area contributed by atoms with Crippen LogP contribution in [0.2, 0.25) is 0 Å². The lowest BCUT2D eigenvalue weighted by atomic mass is 10.4. The highest BCUT2D eigenvalue weighted by atomic mass is 32.2. The van der Waals surface area contributed by atoms with E-state index in [1.165, 1.54) is 18.1 Å². The number of aromatic amines is 1. The van der Waals surface area contributed by atoms with Crippen LogP contribution >= 0.6 is 11.8 Å². The minimum Gasteiger partial charge on any atom is -0.480 e. The van der Waals surface area contributed by atoms with Crippen molar-refractivity contribution in [1.82, 2.24) is 19.9 Å². The van der Waals surface area contributed by atoms with Gasteiger partial charge in [0.15, 0.2) is 5.65 Å². The fourth-order valence-corrected chi connectivity index (χ4v) is 2.10. The van der Waals surface area contributed by atoms with Crippen molar-refractivity contribution in [2.24, 2.45) is 5.73 Å². The van der Waals surface area contributed by atoms with Gasteiger partial charge in [0.05, 0.1) is 6.33 Å². The maximum absolute atomic E-state index is 10.6. The quantitative estimate of drug-likeness (QED) is 0.419. The molecule has 1 atom stereocenters. The SMILES string of the molecule is Nc1nc(SC[C@H](N)C(=O)O)c2[nH]cnc2n1. The zero-order valence-electron chi connectivity index (χ0n) is 8.62. The Hall–Kier alpha value is -1.87. The number of hydrogen-bond donors (Lipinski definition) is 4. The first-order chi connectivity index (χ1) is 8.08. The van der Waals surface area contributed by atoms with Crippen molar-refractivity contribution >= 4 is 34.8 Å². The number of carboxylic acid groups (broad SMARTS) is 1. The summed E-state index contributed by atoms with van der Waals surface area (Å²) < 4.78 is 0. The molecule has 6 N–H and O–H groups in total. The van der Waals surface area contributed by atoms with Crippen LogP contribution in [0, 0.1) is 0 Å². The molecule has 90 valence electrons. The number of nitrogens with zero attached hydrogens (tertiary/aromatic N) is 3. The maximum Gasteiger partial charge on any atom is 0.321 e. The van der Waals surface area contributed by atoms with Gasteiger partial charge in [0.1, 0.15) is 16.6 Å². The molecule has 9 heteroatoms. The number of H-pyrrole nitrogens is 1. The first-order valence-electron chi connectivity index (χ1n) is 4.65. The van der Waals surface area contributed by atoms with E-state index < -0.39 is 12.0 Å². The van der Waals surface area contributed by atoms with Gasteiger partial charge in [-0.05, 0) is 0 Å². The minimum atomic E-state index is -1.06. The molecule has 0 aliphatic heterocycles. The van der Waals surface area contributed by atoms with E-state index >= 15 is 0 Å². The predicted molar refractivity (Wildman–Crippen MR) is 62.4 cm³/mol. The monoisotopic (exact) mass is 254 g/mol. The number of imidazole rings is 1. The molecule has 17 heavy (non-hydrogen) atoms. The molecule has 8 nitrogen and oxygen atoms in total. The summed E-state index contributed by atoms with van der Waals surface area (Å²) in [5, 5.41) is 9.22. The smallest absolute Gasteiger partial charge is 0.321 e. The van der Waals surface area contributed by atoms with Crippen LogP contribution in [0.15, 0.2) is 11.4 Å². The van der Waals surface area contributed by atoms with Gasteiger partial charge >= 0.3 is 5.97 Å². The number of carbonyl (C=O) groups is 1. The van der Waals surface area contributed by atoms with Crippen LogP contribution in [0.4, 0.5) is 5.95 Å². The number of rotatable bonds is 4. The number of anilines is 1. The standard InChI is InChI=1S/C8H10N6O2S/c9-3(7(15)16)1-17-6-4-5(12-2-11-4)13-8(10)14-6/h2-3H,1,9H2,(H,15,16)(H3,10,11,12,13,14)/t3-/m0/s1. The number of nitrogen functional groups attached to an aromatic ring is 1. The van der Waals surface area contributed by atoms with Crippen molar-refractivity contribution in [3.05, 3.63) is 6.33 Å². The Bertz CT molecular complexity index is 556. The average molecular weight is 254 g/mol. The van der Waals surface area contributed by atoms with E-state index in [0.717, 1.165) is 0 Å². The van der Waals surface area contributed by atoms with Crippen molar-refractivity contribution in [3.8, 4) is 0 Å². The third-order valence-electron chi connectivity index (χ3n) is 1.99. The number of hydrogen-bond acceptors (Lipinski definition) is 7. The maximum atomic E-state index is 10.6. The van der Waals surface area contributed by atoms with Crippen LogP contribution < -0.4 is 11.5 Å². The van der Waals surface area contributed by atoms with Crippen molar-refractivity contribution in [2.75, 3.05) is 11.5 Å². The summed E-state index contributed by atoms with van der Waals surface area (Å²) in [6.07, 6.45) is 1.47. The molecule has 2 heterocycles. The number of carboxylic acids is 1. The zero-order chi connectivity index (χ0) is 12.4. The van der Waals surface area contributed by atoms with E-state index in [0.29, 0.717) is 16.2 Å². The van der Waals surface area contributed by atoms with Gasteiger partial charge in [-0.1, -0.05) is 0 Å². The van der Waals surface area contributed by atoms with Crippen LogP contribution in [0.3, 0.4) is 0 Å². The van der Waals surface area contributed by atoms with E-state index in [4.69, 9.17) is 16.6 Å². The van der Waals surface area contributed by atoms with Crippen molar-refractivity contribution in [2.45, 2.75) is 11.1 Å². The topological polar surface area (TPSA) is 144 Å². The molecule has 0 saturated carbocycles. The first kappa shape index (κ1) is 11.6. The molecule has 0 spiro atoms. The second kappa shape index (κ2) is 4.55. The Balaban J connectivity index is 2.23. The molecule has 0 aliphatic carbocycles. The molecule has 2 aromatic heterocycles.